The fourth-order valence-corrected chi connectivity index (χ4v) is 2.92. The van der Waals surface area contributed by atoms with Gasteiger partial charge in [0.25, 0.3) is 0 Å². The Morgan fingerprint density at radius 1 is 1.04 bits per heavy atom. The van der Waals surface area contributed by atoms with Gasteiger partial charge in [-0.25, -0.2) is 0 Å². The minimum Gasteiger partial charge on any atom is -0.489 e. The number of primary amides is 1. The van der Waals surface area contributed by atoms with Crippen LogP contribution < -0.4 is 15.8 Å². The van der Waals surface area contributed by atoms with Crippen LogP contribution in [0.15, 0.2) is 48.5 Å². The van der Waals surface area contributed by atoms with Gasteiger partial charge in [-0.05, 0) is 67.2 Å². The number of ether oxygens (including phenoxy) is 1. The number of rotatable bonds is 5. The molecule has 1 aliphatic rings. The molecule has 2 aromatic rings. The normalized spacial score (nSPS) is 15.3. The molecular formula is C19H22N2O2. The Hall–Kier alpha value is -2.33. The van der Waals surface area contributed by atoms with Crippen LogP contribution in [0.2, 0.25) is 0 Å². The van der Waals surface area contributed by atoms with Crippen LogP contribution in [0.25, 0.3) is 0 Å². The maximum atomic E-state index is 11.0. The van der Waals surface area contributed by atoms with Gasteiger partial charge in [0.15, 0.2) is 0 Å². The smallest absolute Gasteiger partial charge is 0.248 e. The third-order valence-electron chi connectivity index (χ3n) is 4.33. The average Bonchev–Trinajstić information content (AvgIpc) is 2.61. The van der Waals surface area contributed by atoms with E-state index in [4.69, 9.17) is 10.5 Å². The van der Waals surface area contributed by atoms with E-state index in [1.165, 1.54) is 18.4 Å². The lowest BCUT2D eigenvalue weighted by atomic mass is 9.90. The molecule has 0 saturated carbocycles. The van der Waals surface area contributed by atoms with E-state index in [0.29, 0.717) is 18.1 Å². The zero-order valence-electron chi connectivity index (χ0n) is 13.1. The first-order chi connectivity index (χ1) is 11.2. The van der Waals surface area contributed by atoms with E-state index in [2.05, 4.69) is 29.6 Å². The van der Waals surface area contributed by atoms with Gasteiger partial charge in [-0.1, -0.05) is 24.3 Å². The number of hydrogen-bond donors (Lipinski definition) is 2. The third kappa shape index (κ3) is 4.11. The SMILES string of the molecule is NC(=O)c1ccc(OCc2ccc(C3CCNCC3)cc2)cc1. The number of amides is 1. The molecule has 0 radical (unpaired) electrons. The molecule has 1 saturated heterocycles. The zero-order valence-corrected chi connectivity index (χ0v) is 13.1. The molecule has 1 amide bonds. The molecule has 4 heteroatoms. The Labute approximate surface area is 136 Å². The van der Waals surface area contributed by atoms with Crippen molar-refractivity contribution in [3.05, 3.63) is 65.2 Å². The molecule has 3 N–H and O–H groups in total. The Morgan fingerprint density at radius 2 is 1.70 bits per heavy atom. The van der Waals surface area contributed by atoms with Crippen molar-refractivity contribution in [2.45, 2.75) is 25.4 Å². The fraction of sp³-hybridized carbons (Fsp3) is 0.316. The highest BCUT2D eigenvalue weighted by Crippen LogP contribution is 2.25. The van der Waals surface area contributed by atoms with Gasteiger partial charge in [-0.2, -0.15) is 0 Å². The van der Waals surface area contributed by atoms with Crippen LogP contribution in [0.5, 0.6) is 5.75 Å². The first-order valence-electron chi connectivity index (χ1n) is 8.04. The molecule has 0 unspecified atom stereocenters. The summed E-state index contributed by atoms with van der Waals surface area (Å²) in [5.41, 5.74) is 8.27. The molecule has 0 bridgehead atoms. The second-order valence-electron chi connectivity index (χ2n) is 5.94. The van der Waals surface area contributed by atoms with Gasteiger partial charge in [0, 0.05) is 5.56 Å². The molecule has 0 spiro atoms. The highest BCUT2D eigenvalue weighted by atomic mass is 16.5. The first kappa shape index (κ1) is 15.6. The van der Waals surface area contributed by atoms with Crippen LogP contribution in [-0.2, 0) is 6.61 Å². The second-order valence-corrected chi connectivity index (χ2v) is 5.94. The zero-order chi connectivity index (χ0) is 16.1. The molecule has 0 aliphatic carbocycles. The lowest BCUT2D eigenvalue weighted by molar-refractivity contribution is 0.100. The number of carbonyl (C=O) groups excluding carboxylic acids is 1. The molecule has 120 valence electrons. The lowest BCUT2D eigenvalue weighted by Gasteiger charge is -2.23. The van der Waals surface area contributed by atoms with Crippen LogP contribution in [0.1, 0.15) is 40.2 Å². The van der Waals surface area contributed by atoms with Gasteiger partial charge < -0.3 is 15.8 Å². The van der Waals surface area contributed by atoms with E-state index in [1.807, 2.05) is 0 Å². The van der Waals surface area contributed by atoms with E-state index in [9.17, 15) is 4.79 Å². The van der Waals surface area contributed by atoms with E-state index in [1.54, 1.807) is 24.3 Å². The number of nitrogens with two attached hydrogens (primary N) is 1. The Morgan fingerprint density at radius 3 is 2.30 bits per heavy atom. The van der Waals surface area contributed by atoms with Crippen LogP contribution in [0.3, 0.4) is 0 Å². The number of piperidine rings is 1. The van der Waals surface area contributed by atoms with E-state index in [0.717, 1.165) is 24.4 Å². The van der Waals surface area contributed by atoms with Crippen molar-refractivity contribution in [3.63, 3.8) is 0 Å². The minimum absolute atomic E-state index is 0.426. The molecule has 0 aromatic heterocycles. The van der Waals surface area contributed by atoms with E-state index >= 15 is 0 Å². The van der Waals surface area contributed by atoms with Crippen molar-refractivity contribution in [1.29, 1.82) is 0 Å². The molecule has 3 rings (SSSR count). The van der Waals surface area contributed by atoms with Crippen molar-refractivity contribution in [1.82, 2.24) is 5.32 Å². The van der Waals surface area contributed by atoms with Crippen molar-refractivity contribution in [3.8, 4) is 5.75 Å². The fourth-order valence-electron chi connectivity index (χ4n) is 2.92. The van der Waals surface area contributed by atoms with Gasteiger partial charge in [0.05, 0.1) is 0 Å². The van der Waals surface area contributed by atoms with Crippen molar-refractivity contribution >= 4 is 5.91 Å². The second kappa shape index (κ2) is 7.29. The lowest BCUT2D eigenvalue weighted by Crippen LogP contribution is -2.26. The largest absolute Gasteiger partial charge is 0.489 e. The maximum absolute atomic E-state index is 11.0. The van der Waals surface area contributed by atoms with Gasteiger partial charge in [-0.3, -0.25) is 4.79 Å². The van der Waals surface area contributed by atoms with Crippen LogP contribution in [0.4, 0.5) is 0 Å². The summed E-state index contributed by atoms with van der Waals surface area (Å²) >= 11 is 0. The molecule has 0 atom stereocenters. The first-order valence-corrected chi connectivity index (χ1v) is 8.04. The highest BCUT2D eigenvalue weighted by Gasteiger charge is 2.14. The van der Waals surface area contributed by atoms with Crippen molar-refractivity contribution in [2.75, 3.05) is 13.1 Å². The number of benzene rings is 2. The summed E-state index contributed by atoms with van der Waals surface area (Å²) in [4.78, 5) is 11.0. The van der Waals surface area contributed by atoms with Gasteiger partial charge in [0.1, 0.15) is 12.4 Å². The summed E-state index contributed by atoms with van der Waals surface area (Å²) < 4.78 is 5.75. The summed E-state index contributed by atoms with van der Waals surface area (Å²) in [6.45, 7) is 2.73. The van der Waals surface area contributed by atoms with E-state index < -0.39 is 5.91 Å². The summed E-state index contributed by atoms with van der Waals surface area (Å²) in [7, 11) is 0. The number of nitrogens with one attached hydrogen (secondary N) is 1. The average molecular weight is 310 g/mol. The molecular weight excluding hydrogens is 288 g/mol. The maximum Gasteiger partial charge on any atom is 0.248 e. The monoisotopic (exact) mass is 310 g/mol. The molecule has 1 heterocycles. The van der Waals surface area contributed by atoms with E-state index in [-0.39, 0.29) is 0 Å². The molecule has 4 nitrogen and oxygen atoms in total. The summed E-state index contributed by atoms with van der Waals surface area (Å²) in [5, 5.41) is 3.40. The summed E-state index contributed by atoms with van der Waals surface area (Å²) in [6, 6.07) is 15.6. The van der Waals surface area contributed by atoms with Gasteiger partial charge >= 0.3 is 0 Å². The number of carbonyl (C=O) groups is 1. The Balaban J connectivity index is 1.56. The highest BCUT2D eigenvalue weighted by molar-refractivity contribution is 5.92. The predicted octanol–water partition coefficient (Wildman–Crippen LogP) is 2.83. The van der Waals surface area contributed by atoms with Crippen molar-refractivity contribution in [2.24, 2.45) is 5.73 Å². The molecule has 1 aliphatic heterocycles. The molecule has 23 heavy (non-hydrogen) atoms. The van der Waals surface area contributed by atoms with Crippen LogP contribution in [0, 0.1) is 0 Å². The summed E-state index contributed by atoms with van der Waals surface area (Å²) in [6.07, 6.45) is 2.42. The van der Waals surface area contributed by atoms with Crippen molar-refractivity contribution < 1.29 is 9.53 Å². The quantitative estimate of drug-likeness (QED) is 0.892. The molecule has 1 fully saturated rings. The Bertz CT molecular complexity index is 644. The summed E-state index contributed by atoms with van der Waals surface area (Å²) in [5.74, 6) is 0.982. The number of hydrogen-bond acceptors (Lipinski definition) is 3. The van der Waals surface area contributed by atoms with Gasteiger partial charge in [0.2, 0.25) is 5.91 Å². The van der Waals surface area contributed by atoms with Crippen LogP contribution >= 0.6 is 0 Å². The van der Waals surface area contributed by atoms with Gasteiger partial charge in [-0.15, -0.1) is 0 Å². The van der Waals surface area contributed by atoms with Crippen LogP contribution in [-0.4, -0.2) is 19.0 Å². The Kier molecular flexibility index (Phi) is 4.93. The minimum atomic E-state index is -0.426. The third-order valence-corrected chi connectivity index (χ3v) is 4.33. The predicted molar refractivity (Wildman–Crippen MR) is 90.6 cm³/mol. The topological polar surface area (TPSA) is 64.4 Å². The standard InChI is InChI=1S/C19H22N2O2/c20-19(22)17-5-7-18(8-6-17)23-13-14-1-3-15(4-2-14)16-9-11-21-12-10-16/h1-8,16,21H,9-13H2,(H2,20,22). The molecule has 2 aromatic carbocycles.